The minimum absolute atomic E-state index is 0.0280. The third kappa shape index (κ3) is 5.94. The van der Waals surface area contributed by atoms with Crippen molar-refractivity contribution in [2.24, 2.45) is 5.92 Å². The summed E-state index contributed by atoms with van der Waals surface area (Å²) in [5.74, 6) is 2.57. The Morgan fingerprint density at radius 3 is 2.30 bits per heavy atom. The fourth-order valence-corrected chi connectivity index (χ4v) is 3.77. The standard InChI is InChI=1S/C27H25F3O3/c1-31-13-12-21-16-32-25(33-17-21)11-9-19-4-2-18(3-5-19)6-7-20-8-10-23-22(14-20)15-24(28)27(30)26(23)29/h2-5,8,10,14-15,21,25H,9,11-13,16-17H2,1H3. The Bertz CT molecular complexity index is 1160. The van der Waals surface area contributed by atoms with Crippen LogP contribution >= 0.6 is 0 Å². The van der Waals surface area contributed by atoms with Gasteiger partial charge >= 0.3 is 0 Å². The zero-order chi connectivity index (χ0) is 23.2. The molecule has 0 radical (unpaired) electrons. The second kappa shape index (κ2) is 10.8. The van der Waals surface area contributed by atoms with E-state index in [1.165, 1.54) is 6.07 Å². The summed E-state index contributed by atoms with van der Waals surface area (Å²) in [6, 6.07) is 13.4. The fraction of sp³-hybridized carbons (Fsp3) is 0.333. The molecule has 0 bridgehead atoms. The SMILES string of the molecule is COCCC1COC(CCc2ccc(C#Cc3ccc4c(F)c(F)c(F)cc4c3)cc2)OC1. The molecule has 1 aliphatic rings. The van der Waals surface area contributed by atoms with E-state index in [4.69, 9.17) is 14.2 Å². The maximum atomic E-state index is 13.9. The Balaban J connectivity index is 1.33. The lowest BCUT2D eigenvalue weighted by atomic mass is 10.0. The van der Waals surface area contributed by atoms with Gasteiger partial charge in [-0.1, -0.05) is 30.0 Å². The summed E-state index contributed by atoms with van der Waals surface area (Å²) in [5, 5.41) is 0.297. The van der Waals surface area contributed by atoms with Gasteiger partial charge in [-0.05, 0) is 54.1 Å². The maximum absolute atomic E-state index is 13.9. The van der Waals surface area contributed by atoms with Gasteiger partial charge in [-0.3, -0.25) is 0 Å². The Hall–Kier alpha value is -2.85. The van der Waals surface area contributed by atoms with Crippen molar-refractivity contribution in [1.29, 1.82) is 0 Å². The van der Waals surface area contributed by atoms with Crippen LogP contribution in [0.25, 0.3) is 10.8 Å². The van der Waals surface area contributed by atoms with Crippen LogP contribution in [0.2, 0.25) is 0 Å². The van der Waals surface area contributed by atoms with Crippen LogP contribution in [-0.4, -0.2) is 33.2 Å². The third-order valence-electron chi connectivity index (χ3n) is 5.71. The number of aryl methyl sites for hydroxylation is 1. The van der Waals surface area contributed by atoms with Crippen molar-refractivity contribution >= 4 is 10.8 Å². The molecule has 1 heterocycles. The van der Waals surface area contributed by atoms with E-state index < -0.39 is 17.5 Å². The molecule has 33 heavy (non-hydrogen) atoms. The first kappa shape index (κ1) is 23.3. The van der Waals surface area contributed by atoms with Gasteiger partial charge in [0.15, 0.2) is 23.7 Å². The molecule has 172 valence electrons. The zero-order valence-corrected chi connectivity index (χ0v) is 18.4. The van der Waals surface area contributed by atoms with Crippen molar-refractivity contribution in [3.8, 4) is 11.8 Å². The fourth-order valence-electron chi connectivity index (χ4n) is 3.77. The van der Waals surface area contributed by atoms with Gasteiger partial charge in [0.1, 0.15) is 0 Å². The topological polar surface area (TPSA) is 27.7 Å². The van der Waals surface area contributed by atoms with Crippen LogP contribution < -0.4 is 0 Å². The minimum atomic E-state index is -1.46. The predicted octanol–water partition coefficient (Wildman–Crippen LogP) is 5.62. The number of hydrogen-bond acceptors (Lipinski definition) is 3. The molecule has 3 aromatic rings. The van der Waals surface area contributed by atoms with E-state index in [1.54, 1.807) is 19.2 Å². The molecular formula is C27H25F3O3. The lowest BCUT2D eigenvalue weighted by Crippen LogP contribution is -2.32. The molecule has 1 saturated heterocycles. The molecule has 0 saturated carbocycles. The van der Waals surface area contributed by atoms with Crippen LogP contribution in [0.15, 0.2) is 48.5 Å². The molecule has 0 unspecified atom stereocenters. The Morgan fingerprint density at radius 1 is 0.879 bits per heavy atom. The molecule has 4 rings (SSSR count). The van der Waals surface area contributed by atoms with Crippen molar-refractivity contribution < 1.29 is 27.4 Å². The first-order valence-corrected chi connectivity index (χ1v) is 10.9. The van der Waals surface area contributed by atoms with Crippen molar-refractivity contribution in [1.82, 2.24) is 0 Å². The van der Waals surface area contributed by atoms with Gasteiger partial charge in [0.25, 0.3) is 0 Å². The Morgan fingerprint density at radius 2 is 1.58 bits per heavy atom. The van der Waals surface area contributed by atoms with Gasteiger partial charge in [0, 0.05) is 42.6 Å². The second-order valence-corrected chi connectivity index (χ2v) is 8.15. The van der Waals surface area contributed by atoms with Crippen molar-refractivity contribution in [3.63, 3.8) is 0 Å². The predicted molar refractivity (Wildman–Crippen MR) is 120 cm³/mol. The van der Waals surface area contributed by atoms with Crippen LogP contribution in [0.4, 0.5) is 13.2 Å². The highest BCUT2D eigenvalue weighted by molar-refractivity contribution is 5.84. The van der Waals surface area contributed by atoms with Crippen LogP contribution in [0, 0.1) is 35.2 Å². The smallest absolute Gasteiger partial charge is 0.195 e. The van der Waals surface area contributed by atoms with E-state index in [2.05, 4.69) is 11.8 Å². The number of methoxy groups -OCH3 is 1. The van der Waals surface area contributed by atoms with Gasteiger partial charge in [0.2, 0.25) is 0 Å². The van der Waals surface area contributed by atoms with Crippen molar-refractivity contribution in [2.75, 3.05) is 26.9 Å². The Kier molecular flexibility index (Phi) is 7.66. The summed E-state index contributed by atoms with van der Waals surface area (Å²) in [6.45, 7) is 2.12. The minimum Gasteiger partial charge on any atom is -0.385 e. The molecule has 1 fully saturated rings. The largest absolute Gasteiger partial charge is 0.385 e. The van der Waals surface area contributed by atoms with E-state index >= 15 is 0 Å². The summed E-state index contributed by atoms with van der Waals surface area (Å²) in [7, 11) is 1.70. The first-order valence-electron chi connectivity index (χ1n) is 10.9. The van der Waals surface area contributed by atoms with E-state index in [1.807, 2.05) is 24.3 Å². The molecular weight excluding hydrogens is 429 g/mol. The van der Waals surface area contributed by atoms with Gasteiger partial charge in [-0.25, -0.2) is 13.2 Å². The van der Waals surface area contributed by atoms with Gasteiger partial charge in [-0.2, -0.15) is 0 Å². The quantitative estimate of drug-likeness (QED) is 0.358. The highest BCUT2D eigenvalue weighted by Gasteiger charge is 2.21. The molecule has 0 atom stereocenters. The number of rotatable bonds is 6. The number of ether oxygens (including phenoxy) is 3. The monoisotopic (exact) mass is 454 g/mol. The van der Waals surface area contributed by atoms with Crippen LogP contribution in [-0.2, 0) is 20.6 Å². The second-order valence-electron chi connectivity index (χ2n) is 8.15. The van der Waals surface area contributed by atoms with Crippen LogP contribution in [0.1, 0.15) is 29.5 Å². The molecule has 0 N–H and O–H groups in total. The molecule has 0 aromatic heterocycles. The third-order valence-corrected chi connectivity index (χ3v) is 5.71. The molecule has 0 amide bonds. The highest BCUT2D eigenvalue weighted by atomic mass is 19.2. The van der Waals surface area contributed by atoms with E-state index in [9.17, 15) is 13.2 Å². The summed E-state index contributed by atoms with van der Waals surface area (Å²) >= 11 is 0. The summed E-state index contributed by atoms with van der Waals surface area (Å²) in [4.78, 5) is 0. The first-order chi connectivity index (χ1) is 16.0. The molecule has 3 aromatic carbocycles. The van der Waals surface area contributed by atoms with E-state index in [0.29, 0.717) is 24.7 Å². The van der Waals surface area contributed by atoms with Gasteiger partial charge in [0.05, 0.1) is 13.2 Å². The lowest BCUT2D eigenvalue weighted by molar-refractivity contribution is -0.204. The van der Waals surface area contributed by atoms with Crippen LogP contribution in [0.5, 0.6) is 0 Å². The van der Waals surface area contributed by atoms with E-state index in [0.717, 1.165) is 43.1 Å². The van der Waals surface area contributed by atoms with Gasteiger partial charge in [-0.15, -0.1) is 0 Å². The normalized spacial score (nSPS) is 18.2. The average Bonchev–Trinajstić information content (AvgIpc) is 2.84. The summed E-state index contributed by atoms with van der Waals surface area (Å²) < 4.78 is 57.4. The van der Waals surface area contributed by atoms with Gasteiger partial charge < -0.3 is 14.2 Å². The highest BCUT2D eigenvalue weighted by Crippen LogP contribution is 2.24. The zero-order valence-electron chi connectivity index (χ0n) is 18.4. The van der Waals surface area contributed by atoms with Crippen molar-refractivity contribution in [3.05, 3.63) is 82.7 Å². The number of fused-ring (bicyclic) bond motifs is 1. The summed E-state index contributed by atoms with van der Waals surface area (Å²) in [5.41, 5.74) is 2.57. The van der Waals surface area contributed by atoms with Crippen LogP contribution in [0.3, 0.4) is 0 Å². The molecule has 0 spiro atoms. The summed E-state index contributed by atoms with van der Waals surface area (Å²) in [6.07, 6.45) is 2.38. The maximum Gasteiger partial charge on any atom is 0.195 e. The average molecular weight is 454 g/mol. The number of benzene rings is 3. The molecule has 1 aliphatic heterocycles. The molecule has 3 nitrogen and oxygen atoms in total. The molecule has 0 aliphatic carbocycles. The number of hydrogen-bond donors (Lipinski definition) is 0. The Labute approximate surface area is 191 Å². The number of halogens is 3. The lowest BCUT2D eigenvalue weighted by Gasteiger charge is -2.29. The molecule has 6 heteroatoms. The van der Waals surface area contributed by atoms with Crippen molar-refractivity contribution in [2.45, 2.75) is 25.6 Å². The van der Waals surface area contributed by atoms with E-state index in [-0.39, 0.29) is 17.1 Å².